The summed E-state index contributed by atoms with van der Waals surface area (Å²) in [4.78, 5) is 14.6. The van der Waals surface area contributed by atoms with Crippen LogP contribution in [0.4, 0.5) is 23.8 Å². The van der Waals surface area contributed by atoms with E-state index in [1.165, 1.54) is 4.90 Å². The normalized spacial score (nSPS) is 22.2. The molecule has 0 saturated carbocycles. The fourth-order valence-electron chi connectivity index (χ4n) is 5.44. The highest BCUT2D eigenvalue weighted by atomic mass is 19.4. The number of urea groups is 1. The zero-order valence-corrected chi connectivity index (χ0v) is 19.4. The largest absolute Gasteiger partial charge is 0.401 e. The van der Waals surface area contributed by atoms with Gasteiger partial charge in [0.25, 0.3) is 0 Å². The highest BCUT2D eigenvalue weighted by molar-refractivity contribution is 5.90. The number of halogens is 3. The second kappa shape index (κ2) is 9.37. The average molecular weight is 484 g/mol. The number of likely N-dealkylation sites (tertiary alicyclic amines) is 1. The van der Waals surface area contributed by atoms with E-state index < -0.39 is 24.8 Å². The topological polar surface area (TPSA) is 62.2 Å². The second-order valence-electron chi connectivity index (χ2n) is 9.30. The zero-order chi connectivity index (χ0) is 24.6. The van der Waals surface area contributed by atoms with Crippen molar-refractivity contribution in [2.24, 2.45) is 0 Å². The van der Waals surface area contributed by atoms with Gasteiger partial charge >= 0.3 is 12.2 Å². The number of hydrogen-bond acceptors (Lipinski definition) is 3. The number of para-hydroxylation sites is 1. The van der Waals surface area contributed by atoms with Crippen LogP contribution >= 0.6 is 0 Å². The first-order valence-corrected chi connectivity index (χ1v) is 11.9. The second-order valence-corrected chi connectivity index (χ2v) is 9.30. The third-order valence-electron chi connectivity index (χ3n) is 6.98. The molecule has 35 heavy (non-hydrogen) atoms. The van der Waals surface area contributed by atoms with Gasteiger partial charge in [-0.3, -0.25) is 10.2 Å². The van der Waals surface area contributed by atoms with E-state index in [1.54, 1.807) is 11.6 Å². The van der Waals surface area contributed by atoms with Crippen molar-refractivity contribution in [3.63, 3.8) is 0 Å². The lowest BCUT2D eigenvalue weighted by atomic mass is 9.89. The zero-order valence-electron chi connectivity index (χ0n) is 19.4. The molecule has 2 amide bonds. The molecule has 1 aliphatic heterocycles. The maximum absolute atomic E-state index is 13.2. The van der Waals surface area contributed by atoms with E-state index in [2.05, 4.69) is 10.6 Å². The van der Waals surface area contributed by atoms with E-state index in [-0.39, 0.29) is 18.5 Å². The predicted molar refractivity (Wildman–Crippen MR) is 128 cm³/mol. The highest BCUT2D eigenvalue weighted by Gasteiger charge is 2.45. The number of carbonyl (C=O) groups excluding carboxylic acids is 1. The number of carbonyl (C=O) groups is 1. The molecule has 5 rings (SSSR count). The number of aryl methyl sites for hydroxylation is 1. The first-order valence-electron chi connectivity index (χ1n) is 11.9. The Bertz CT molecular complexity index is 1180. The molecule has 2 heterocycles. The van der Waals surface area contributed by atoms with Crippen LogP contribution in [0.2, 0.25) is 0 Å². The number of amides is 2. The summed E-state index contributed by atoms with van der Waals surface area (Å²) < 4.78 is 41.4. The Labute approximate surface area is 202 Å². The summed E-state index contributed by atoms with van der Waals surface area (Å²) in [5.74, 6) is 0.352. The molecule has 3 aromatic rings. The van der Waals surface area contributed by atoms with Gasteiger partial charge in [-0.2, -0.15) is 18.3 Å². The van der Waals surface area contributed by atoms with Gasteiger partial charge in [0, 0.05) is 24.1 Å². The molecular formula is C26H28F3N5O. The van der Waals surface area contributed by atoms with E-state index in [9.17, 15) is 18.0 Å². The smallest absolute Gasteiger partial charge is 0.333 e. The molecule has 2 unspecified atom stereocenters. The standard InChI is InChI=1S/C26H28F3N5O/c1-17-23(18-9-4-2-5-10-18)22(15-33(17)16-26(27,28)29)30-25(35)31-24-20-13-8-14-21(20)32-34(24)19-11-6-3-7-12-19/h2-7,9-12,17,22-23H,8,13-16H2,1H3,(H2,30,31,35)/t17-,22?,23?/m0/s1. The molecule has 2 aromatic carbocycles. The van der Waals surface area contributed by atoms with Gasteiger partial charge in [0.1, 0.15) is 5.82 Å². The Hall–Kier alpha value is -3.33. The van der Waals surface area contributed by atoms with Crippen molar-refractivity contribution in [1.82, 2.24) is 20.0 Å². The van der Waals surface area contributed by atoms with Gasteiger partial charge in [0.05, 0.1) is 24.0 Å². The number of alkyl halides is 3. The third-order valence-corrected chi connectivity index (χ3v) is 6.98. The average Bonchev–Trinajstić information content (AvgIpc) is 3.49. The molecule has 1 aromatic heterocycles. The summed E-state index contributed by atoms with van der Waals surface area (Å²) in [6.07, 6.45) is -1.65. The quantitative estimate of drug-likeness (QED) is 0.543. The van der Waals surface area contributed by atoms with E-state index in [0.717, 1.165) is 41.8 Å². The molecule has 1 aliphatic carbocycles. The van der Waals surface area contributed by atoms with Crippen molar-refractivity contribution in [2.75, 3.05) is 18.4 Å². The Morgan fingerprint density at radius 2 is 1.74 bits per heavy atom. The summed E-state index contributed by atoms with van der Waals surface area (Å²) in [6.45, 7) is 0.898. The number of anilines is 1. The Balaban J connectivity index is 1.39. The Morgan fingerprint density at radius 1 is 1.06 bits per heavy atom. The van der Waals surface area contributed by atoms with Crippen molar-refractivity contribution in [1.29, 1.82) is 0 Å². The van der Waals surface area contributed by atoms with Crippen molar-refractivity contribution in [2.45, 2.75) is 50.4 Å². The Morgan fingerprint density at radius 3 is 2.43 bits per heavy atom. The minimum Gasteiger partial charge on any atom is -0.333 e. The van der Waals surface area contributed by atoms with Crippen LogP contribution in [0.3, 0.4) is 0 Å². The molecule has 2 N–H and O–H groups in total. The first-order chi connectivity index (χ1) is 16.8. The van der Waals surface area contributed by atoms with Crippen LogP contribution in [0.5, 0.6) is 0 Å². The number of rotatable bonds is 5. The molecular weight excluding hydrogens is 455 g/mol. The predicted octanol–water partition coefficient (Wildman–Crippen LogP) is 4.90. The fourth-order valence-corrected chi connectivity index (χ4v) is 5.44. The molecule has 1 saturated heterocycles. The summed E-state index contributed by atoms with van der Waals surface area (Å²) in [5, 5.41) is 10.7. The van der Waals surface area contributed by atoms with Gasteiger partial charge < -0.3 is 5.32 Å². The number of aromatic nitrogens is 2. The van der Waals surface area contributed by atoms with Crippen LogP contribution in [-0.4, -0.2) is 52.1 Å². The lowest BCUT2D eigenvalue weighted by Crippen LogP contribution is -2.43. The van der Waals surface area contributed by atoms with Gasteiger partial charge in [-0.25, -0.2) is 9.48 Å². The molecule has 0 spiro atoms. The summed E-state index contributed by atoms with van der Waals surface area (Å²) in [7, 11) is 0. The van der Waals surface area contributed by atoms with Crippen LogP contribution in [-0.2, 0) is 12.8 Å². The Kier molecular flexibility index (Phi) is 6.27. The van der Waals surface area contributed by atoms with Gasteiger partial charge in [-0.15, -0.1) is 0 Å². The van der Waals surface area contributed by atoms with E-state index in [4.69, 9.17) is 5.10 Å². The lowest BCUT2D eigenvalue weighted by molar-refractivity contribution is -0.147. The lowest BCUT2D eigenvalue weighted by Gasteiger charge is -2.26. The van der Waals surface area contributed by atoms with Gasteiger partial charge in [-0.1, -0.05) is 48.5 Å². The molecule has 2 aliphatic rings. The summed E-state index contributed by atoms with van der Waals surface area (Å²) in [5.41, 5.74) is 3.73. The number of nitrogens with one attached hydrogen (secondary N) is 2. The number of hydrogen-bond donors (Lipinski definition) is 2. The van der Waals surface area contributed by atoms with Crippen molar-refractivity contribution >= 4 is 11.8 Å². The van der Waals surface area contributed by atoms with Gasteiger partial charge in [0.2, 0.25) is 0 Å². The number of fused-ring (bicyclic) bond motifs is 1. The van der Waals surface area contributed by atoms with Gasteiger partial charge in [-0.05, 0) is 43.9 Å². The van der Waals surface area contributed by atoms with Crippen molar-refractivity contribution in [3.05, 3.63) is 77.5 Å². The van der Waals surface area contributed by atoms with Crippen LogP contribution in [0, 0.1) is 0 Å². The highest BCUT2D eigenvalue weighted by Crippen LogP contribution is 2.36. The minimum absolute atomic E-state index is 0.115. The number of nitrogens with zero attached hydrogens (tertiary/aromatic N) is 3. The molecule has 0 radical (unpaired) electrons. The van der Waals surface area contributed by atoms with E-state index >= 15 is 0 Å². The van der Waals surface area contributed by atoms with Crippen molar-refractivity contribution in [3.8, 4) is 5.69 Å². The number of benzene rings is 2. The van der Waals surface area contributed by atoms with Crippen LogP contribution in [0.1, 0.15) is 36.1 Å². The molecule has 6 nitrogen and oxygen atoms in total. The van der Waals surface area contributed by atoms with Gasteiger partial charge in [0.15, 0.2) is 0 Å². The first kappa shape index (κ1) is 23.4. The van der Waals surface area contributed by atoms with Crippen LogP contribution in [0.15, 0.2) is 60.7 Å². The molecule has 184 valence electrons. The van der Waals surface area contributed by atoms with Crippen LogP contribution < -0.4 is 10.6 Å². The molecule has 3 atom stereocenters. The molecule has 9 heteroatoms. The summed E-state index contributed by atoms with van der Waals surface area (Å²) in [6, 6.07) is 17.7. The maximum Gasteiger partial charge on any atom is 0.401 e. The molecule has 0 bridgehead atoms. The molecule has 1 fully saturated rings. The minimum atomic E-state index is -4.31. The fraction of sp³-hybridized carbons (Fsp3) is 0.385. The van der Waals surface area contributed by atoms with E-state index in [1.807, 2.05) is 60.7 Å². The van der Waals surface area contributed by atoms with Crippen LogP contribution in [0.25, 0.3) is 5.69 Å². The third kappa shape index (κ3) is 4.91. The van der Waals surface area contributed by atoms with E-state index in [0.29, 0.717) is 5.82 Å². The summed E-state index contributed by atoms with van der Waals surface area (Å²) >= 11 is 0. The van der Waals surface area contributed by atoms with Crippen molar-refractivity contribution < 1.29 is 18.0 Å². The maximum atomic E-state index is 13.2. The SMILES string of the molecule is C[C@H]1C(c2ccccc2)C(NC(=O)Nc2c3c(nn2-c2ccccc2)CCC3)CN1CC(F)(F)F. The monoisotopic (exact) mass is 483 g/mol.